The van der Waals surface area contributed by atoms with Crippen molar-refractivity contribution in [2.75, 3.05) is 22.9 Å². The average Bonchev–Trinajstić information content (AvgIpc) is 3.39. The lowest BCUT2D eigenvalue weighted by atomic mass is 9.93. The van der Waals surface area contributed by atoms with E-state index in [1.807, 2.05) is 61.5 Å². The van der Waals surface area contributed by atoms with Crippen molar-refractivity contribution < 1.29 is 9.59 Å². The number of aliphatic imine (C=N–C) groups is 1. The van der Waals surface area contributed by atoms with Crippen molar-refractivity contribution in [2.24, 2.45) is 10.9 Å². The minimum Gasteiger partial charge on any atom is -0.340 e. The number of carbonyl (C=O) groups is 2. The third-order valence-corrected chi connectivity index (χ3v) is 7.81. The lowest BCUT2D eigenvalue weighted by molar-refractivity contribution is -0.119. The molecule has 0 aromatic heterocycles. The molecule has 2 N–H and O–H groups in total. The second-order valence-electron chi connectivity index (χ2n) is 9.11. The summed E-state index contributed by atoms with van der Waals surface area (Å²) < 4.78 is 0. The second-order valence-corrected chi connectivity index (χ2v) is 10.2. The van der Waals surface area contributed by atoms with E-state index in [9.17, 15) is 9.59 Å². The van der Waals surface area contributed by atoms with Crippen LogP contribution in [-0.2, 0) is 9.59 Å². The van der Waals surface area contributed by atoms with Gasteiger partial charge < -0.3 is 15.5 Å². The normalized spacial score (nSPS) is 20.6. The Kier molecular flexibility index (Phi) is 6.72. The number of nitrogens with zero attached hydrogens (tertiary/aromatic N) is 2. The molecule has 5 rings (SSSR count). The van der Waals surface area contributed by atoms with E-state index in [1.54, 1.807) is 11.8 Å². The summed E-state index contributed by atoms with van der Waals surface area (Å²) in [4.78, 5) is 33.3. The van der Waals surface area contributed by atoms with Gasteiger partial charge in [0.1, 0.15) is 0 Å². The number of hydrogen-bond donors (Lipinski definition) is 2. The van der Waals surface area contributed by atoms with Crippen LogP contribution >= 0.6 is 11.8 Å². The number of thioether (sulfide) groups is 1. The summed E-state index contributed by atoms with van der Waals surface area (Å²) in [7, 11) is 0. The summed E-state index contributed by atoms with van der Waals surface area (Å²) >= 11 is 1.74. The molecule has 7 heteroatoms. The van der Waals surface area contributed by atoms with E-state index in [1.165, 1.54) is 0 Å². The third kappa shape index (κ3) is 4.75. The zero-order chi connectivity index (χ0) is 23.5. The minimum absolute atomic E-state index is 0.0999. The SMILES string of the molecule is CC1=C(C(=O)Nc2ccccc2)C(c2cccc(NC(=O)C3CCCC3)c2)N2CCCSC2=N1. The molecular formula is C27H30N4O2S. The van der Waals surface area contributed by atoms with Gasteiger partial charge in [0.25, 0.3) is 5.91 Å². The van der Waals surface area contributed by atoms with Crippen molar-refractivity contribution in [3.05, 3.63) is 71.4 Å². The predicted octanol–water partition coefficient (Wildman–Crippen LogP) is 5.58. The first-order valence-corrected chi connectivity index (χ1v) is 13.0. The third-order valence-electron chi connectivity index (χ3n) is 6.73. The first kappa shape index (κ1) is 22.7. The Morgan fingerprint density at radius 3 is 2.53 bits per heavy atom. The molecule has 0 bridgehead atoms. The van der Waals surface area contributed by atoms with E-state index in [2.05, 4.69) is 15.5 Å². The zero-order valence-corrected chi connectivity index (χ0v) is 20.2. The molecule has 34 heavy (non-hydrogen) atoms. The quantitative estimate of drug-likeness (QED) is 0.594. The van der Waals surface area contributed by atoms with Crippen molar-refractivity contribution in [1.82, 2.24) is 4.90 Å². The Bertz CT molecular complexity index is 1140. The van der Waals surface area contributed by atoms with Crippen LogP contribution < -0.4 is 10.6 Å². The van der Waals surface area contributed by atoms with Gasteiger partial charge in [0, 0.05) is 29.6 Å². The highest BCUT2D eigenvalue weighted by molar-refractivity contribution is 8.13. The number of anilines is 2. The van der Waals surface area contributed by atoms with Crippen molar-refractivity contribution in [2.45, 2.75) is 45.1 Å². The van der Waals surface area contributed by atoms with Gasteiger partial charge in [-0.05, 0) is 56.0 Å². The minimum atomic E-state index is -0.257. The molecule has 2 heterocycles. The highest BCUT2D eigenvalue weighted by Gasteiger charge is 2.37. The first-order chi connectivity index (χ1) is 16.6. The molecule has 2 aromatic carbocycles. The molecule has 2 amide bonds. The van der Waals surface area contributed by atoms with Crippen LogP contribution in [0.2, 0.25) is 0 Å². The summed E-state index contributed by atoms with van der Waals surface area (Å²) in [6.45, 7) is 2.75. The molecule has 1 unspecified atom stereocenters. The molecular weight excluding hydrogens is 444 g/mol. The van der Waals surface area contributed by atoms with Gasteiger partial charge in [0.05, 0.1) is 17.3 Å². The molecule has 0 spiro atoms. The maximum atomic E-state index is 13.5. The molecule has 0 radical (unpaired) electrons. The van der Waals surface area contributed by atoms with Gasteiger partial charge in [-0.15, -0.1) is 0 Å². The molecule has 3 aliphatic rings. The Balaban J connectivity index is 1.47. The summed E-state index contributed by atoms with van der Waals surface area (Å²) in [5, 5.41) is 7.14. The maximum absolute atomic E-state index is 13.5. The molecule has 176 valence electrons. The number of amides is 2. The maximum Gasteiger partial charge on any atom is 0.255 e. The van der Waals surface area contributed by atoms with Crippen LogP contribution in [0.4, 0.5) is 11.4 Å². The number of benzene rings is 2. The van der Waals surface area contributed by atoms with E-state index in [0.717, 1.165) is 72.2 Å². The molecule has 1 saturated carbocycles. The van der Waals surface area contributed by atoms with Gasteiger partial charge in [0.2, 0.25) is 5.91 Å². The monoisotopic (exact) mass is 474 g/mol. The predicted molar refractivity (Wildman–Crippen MR) is 139 cm³/mol. The first-order valence-electron chi connectivity index (χ1n) is 12.1. The molecule has 1 saturated heterocycles. The molecule has 6 nitrogen and oxygen atoms in total. The van der Waals surface area contributed by atoms with Gasteiger partial charge in [-0.3, -0.25) is 9.59 Å². The summed E-state index contributed by atoms with van der Waals surface area (Å²) in [5.74, 6) is 1.08. The molecule has 2 aromatic rings. The number of nitrogens with one attached hydrogen (secondary N) is 2. The van der Waals surface area contributed by atoms with Crippen molar-refractivity contribution >= 4 is 40.1 Å². The van der Waals surface area contributed by atoms with Gasteiger partial charge in [-0.2, -0.15) is 0 Å². The van der Waals surface area contributed by atoms with Gasteiger partial charge in [0.15, 0.2) is 5.17 Å². The van der Waals surface area contributed by atoms with Crippen LogP contribution in [0.25, 0.3) is 0 Å². The highest BCUT2D eigenvalue weighted by Crippen LogP contribution is 2.40. The number of para-hydroxylation sites is 1. The number of fused-ring (bicyclic) bond motifs is 1. The number of rotatable bonds is 5. The lowest BCUT2D eigenvalue weighted by Crippen LogP contribution is -2.43. The van der Waals surface area contributed by atoms with Crippen molar-refractivity contribution in [3.63, 3.8) is 0 Å². The Labute approximate surface area is 204 Å². The van der Waals surface area contributed by atoms with Crippen LogP contribution in [0.5, 0.6) is 0 Å². The van der Waals surface area contributed by atoms with Crippen LogP contribution in [0.3, 0.4) is 0 Å². The van der Waals surface area contributed by atoms with E-state index in [4.69, 9.17) is 4.99 Å². The molecule has 2 aliphatic heterocycles. The zero-order valence-electron chi connectivity index (χ0n) is 19.4. The van der Waals surface area contributed by atoms with Crippen molar-refractivity contribution in [3.8, 4) is 0 Å². The van der Waals surface area contributed by atoms with E-state index >= 15 is 0 Å². The van der Waals surface area contributed by atoms with Crippen LogP contribution in [0, 0.1) is 5.92 Å². The fraction of sp³-hybridized carbons (Fsp3) is 0.370. The Hall–Kier alpha value is -3.06. The molecule has 1 aliphatic carbocycles. The average molecular weight is 475 g/mol. The number of carbonyl (C=O) groups excluding carboxylic acids is 2. The standard InChI is InChI=1S/C27H30N4O2S/c1-18-23(26(33)29-21-12-3-2-4-13-21)24(31-15-8-16-34-27(31)28-18)20-11-7-14-22(17-20)30-25(32)19-9-5-6-10-19/h2-4,7,11-14,17,19,24H,5-6,8-10,15-16H2,1H3,(H,29,33)(H,30,32). The Morgan fingerprint density at radius 1 is 0.971 bits per heavy atom. The van der Waals surface area contributed by atoms with E-state index in [-0.39, 0.29) is 23.8 Å². The highest BCUT2D eigenvalue weighted by atomic mass is 32.2. The summed E-state index contributed by atoms with van der Waals surface area (Å²) in [5.41, 5.74) is 3.90. The topological polar surface area (TPSA) is 73.8 Å². The lowest BCUT2D eigenvalue weighted by Gasteiger charge is -2.41. The van der Waals surface area contributed by atoms with Gasteiger partial charge >= 0.3 is 0 Å². The molecule has 2 fully saturated rings. The van der Waals surface area contributed by atoms with E-state index < -0.39 is 0 Å². The number of allylic oxidation sites excluding steroid dienone is 1. The van der Waals surface area contributed by atoms with Crippen molar-refractivity contribution in [1.29, 1.82) is 0 Å². The largest absolute Gasteiger partial charge is 0.340 e. The molecule has 1 atom stereocenters. The fourth-order valence-electron chi connectivity index (χ4n) is 5.04. The smallest absolute Gasteiger partial charge is 0.255 e. The van der Waals surface area contributed by atoms with Crippen LogP contribution in [0.1, 0.15) is 50.6 Å². The summed E-state index contributed by atoms with van der Waals surface area (Å²) in [6.07, 6.45) is 5.21. The van der Waals surface area contributed by atoms with Crippen LogP contribution in [0.15, 0.2) is 70.9 Å². The number of hydrogen-bond acceptors (Lipinski definition) is 5. The van der Waals surface area contributed by atoms with Crippen LogP contribution in [-0.4, -0.2) is 34.2 Å². The second kappa shape index (κ2) is 10.1. The number of amidine groups is 1. The van der Waals surface area contributed by atoms with E-state index in [0.29, 0.717) is 5.57 Å². The summed E-state index contributed by atoms with van der Waals surface area (Å²) in [6, 6.07) is 17.2. The van der Waals surface area contributed by atoms with Gasteiger partial charge in [-0.25, -0.2) is 4.99 Å². The fourth-order valence-corrected chi connectivity index (χ4v) is 6.06. The Morgan fingerprint density at radius 2 is 1.74 bits per heavy atom. The van der Waals surface area contributed by atoms with Gasteiger partial charge in [-0.1, -0.05) is 54.9 Å².